The van der Waals surface area contributed by atoms with Crippen LogP contribution in [0.5, 0.6) is 0 Å². The molecule has 1 aliphatic heterocycles. The highest BCUT2D eigenvalue weighted by Crippen LogP contribution is 2.24. The maximum Gasteiger partial charge on any atom is 0.243 e. The van der Waals surface area contributed by atoms with Crippen molar-refractivity contribution in [3.63, 3.8) is 0 Å². The van der Waals surface area contributed by atoms with E-state index in [0.717, 1.165) is 18.2 Å². The smallest absolute Gasteiger partial charge is 0.243 e. The Bertz CT molecular complexity index is 722. The highest BCUT2D eigenvalue weighted by molar-refractivity contribution is 7.89. The Hall–Kier alpha value is -1.66. The van der Waals surface area contributed by atoms with Gasteiger partial charge in [-0.3, -0.25) is 0 Å². The molecule has 2 heterocycles. The van der Waals surface area contributed by atoms with Gasteiger partial charge in [-0.2, -0.15) is 4.31 Å². The zero-order chi connectivity index (χ0) is 13.5. The summed E-state index contributed by atoms with van der Waals surface area (Å²) in [5.74, 6) is 0.433. The fourth-order valence-electron chi connectivity index (χ4n) is 2.36. The molecule has 19 heavy (non-hydrogen) atoms. The Morgan fingerprint density at radius 1 is 1.11 bits per heavy atom. The van der Waals surface area contributed by atoms with Crippen LogP contribution in [-0.4, -0.2) is 30.8 Å². The van der Waals surface area contributed by atoms with Crippen molar-refractivity contribution < 1.29 is 8.42 Å². The van der Waals surface area contributed by atoms with E-state index in [0.29, 0.717) is 29.3 Å². The van der Waals surface area contributed by atoms with Crippen LogP contribution in [0.2, 0.25) is 0 Å². The van der Waals surface area contributed by atoms with Crippen molar-refractivity contribution in [1.29, 1.82) is 0 Å². The van der Waals surface area contributed by atoms with E-state index in [9.17, 15) is 8.42 Å². The lowest BCUT2D eigenvalue weighted by Gasteiger charge is -2.15. The number of nitrogens with two attached hydrogens (primary N) is 1. The number of hydrogen-bond donors (Lipinski definition) is 1. The summed E-state index contributed by atoms with van der Waals surface area (Å²) in [4.78, 5) is 4.49. The summed E-state index contributed by atoms with van der Waals surface area (Å²) in [5.41, 5.74) is 6.32. The Morgan fingerprint density at radius 3 is 2.58 bits per heavy atom. The molecule has 0 amide bonds. The van der Waals surface area contributed by atoms with Gasteiger partial charge in [0.15, 0.2) is 0 Å². The number of nitrogens with zero attached hydrogens (tertiary/aromatic N) is 2. The molecule has 5 nitrogen and oxygen atoms in total. The minimum atomic E-state index is -3.37. The zero-order valence-electron chi connectivity index (χ0n) is 10.4. The lowest BCUT2D eigenvalue weighted by molar-refractivity contribution is 0.477. The van der Waals surface area contributed by atoms with Crippen molar-refractivity contribution >= 4 is 26.7 Å². The first-order valence-corrected chi connectivity index (χ1v) is 7.68. The number of pyridine rings is 1. The molecule has 1 saturated heterocycles. The number of sulfonamides is 1. The third-order valence-electron chi connectivity index (χ3n) is 3.39. The first kappa shape index (κ1) is 12.4. The van der Waals surface area contributed by atoms with E-state index >= 15 is 0 Å². The number of fused-ring (bicyclic) bond motifs is 1. The van der Waals surface area contributed by atoms with E-state index in [1.54, 1.807) is 34.6 Å². The Kier molecular flexibility index (Phi) is 2.91. The van der Waals surface area contributed by atoms with Crippen LogP contribution in [0.4, 0.5) is 5.82 Å². The van der Waals surface area contributed by atoms with E-state index in [1.807, 2.05) is 0 Å². The normalized spacial score (nSPS) is 17.1. The van der Waals surface area contributed by atoms with Crippen molar-refractivity contribution in [1.82, 2.24) is 9.29 Å². The van der Waals surface area contributed by atoms with Crippen molar-refractivity contribution in [2.75, 3.05) is 18.8 Å². The van der Waals surface area contributed by atoms with Crippen LogP contribution in [0, 0.1) is 0 Å². The van der Waals surface area contributed by atoms with Crippen LogP contribution in [0.3, 0.4) is 0 Å². The average molecular weight is 277 g/mol. The van der Waals surface area contributed by atoms with E-state index < -0.39 is 10.0 Å². The molecule has 0 atom stereocenters. The van der Waals surface area contributed by atoms with E-state index in [1.165, 1.54) is 0 Å². The molecule has 1 aromatic carbocycles. The second-order valence-corrected chi connectivity index (χ2v) is 6.64. The van der Waals surface area contributed by atoms with Gasteiger partial charge in [-0.05, 0) is 43.2 Å². The first-order chi connectivity index (χ1) is 9.07. The molecule has 0 unspecified atom stereocenters. The molecular formula is C13H15N3O2S. The van der Waals surface area contributed by atoms with Crippen LogP contribution in [-0.2, 0) is 10.0 Å². The van der Waals surface area contributed by atoms with Crippen LogP contribution in [0.15, 0.2) is 35.2 Å². The Balaban J connectivity index is 2.08. The number of hydrogen-bond acceptors (Lipinski definition) is 4. The van der Waals surface area contributed by atoms with Gasteiger partial charge in [0.2, 0.25) is 10.0 Å². The number of aromatic nitrogens is 1. The summed E-state index contributed by atoms with van der Waals surface area (Å²) in [6, 6.07) is 8.43. The van der Waals surface area contributed by atoms with Crippen molar-refractivity contribution in [3.05, 3.63) is 30.3 Å². The van der Waals surface area contributed by atoms with Gasteiger partial charge in [-0.1, -0.05) is 0 Å². The molecule has 0 spiro atoms. The second-order valence-electron chi connectivity index (χ2n) is 4.70. The topological polar surface area (TPSA) is 76.3 Å². The predicted octanol–water partition coefficient (Wildman–Crippen LogP) is 1.60. The van der Waals surface area contributed by atoms with Gasteiger partial charge < -0.3 is 5.73 Å². The number of anilines is 1. The van der Waals surface area contributed by atoms with Gasteiger partial charge in [0.25, 0.3) is 0 Å². The molecular weight excluding hydrogens is 262 g/mol. The van der Waals surface area contributed by atoms with Gasteiger partial charge >= 0.3 is 0 Å². The number of rotatable bonds is 2. The van der Waals surface area contributed by atoms with E-state index in [2.05, 4.69) is 4.98 Å². The summed E-state index contributed by atoms with van der Waals surface area (Å²) in [6.45, 7) is 1.22. The van der Waals surface area contributed by atoms with Crippen molar-refractivity contribution in [2.45, 2.75) is 17.7 Å². The minimum absolute atomic E-state index is 0.327. The van der Waals surface area contributed by atoms with Gasteiger partial charge in [-0.25, -0.2) is 13.4 Å². The van der Waals surface area contributed by atoms with Crippen LogP contribution in [0.1, 0.15) is 12.8 Å². The standard InChI is InChI=1S/C13H15N3O2S/c14-13-6-3-10-9-11(4-5-12(10)15-13)19(17,18)16-7-1-2-8-16/h3-6,9H,1-2,7-8H2,(H2,14,15). The zero-order valence-corrected chi connectivity index (χ0v) is 11.2. The minimum Gasteiger partial charge on any atom is -0.384 e. The lowest BCUT2D eigenvalue weighted by Crippen LogP contribution is -2.27. The van der Waals surface area contributed by atoms with E-state index in [-0.39, 0.29) is 0 Å². The van der Waals surface area contributed by atoms with Gasteiger partial charge in [0, 0.05) is 18.5 Å². The molecule has 1 fully saturated rings. The van der Waals surface area contributed by atoms with Crippen LogP contribution >= 0.6 is 0 Å². The highest BCUT2D eigenvalue weighted by atomic mass is 32.2. The first-order valence-electron chi connectivity index (χ1n) is 6.24. The largest absolute Gasteiger partial charge is 0.384 e. The summed E-state index contributed by atoms with van der Waals surface area (Å²) in [7, 11) is -3.37. The SMILES string of the molecule is Nc1ccc2cc(S(=O)(=O)N3CCCC3)ccc2n1. The average Bonchev–Trinajstić information content (AvgIpc) is 2.92. The monoisotopic (exact) mass is 277 g/mol. The lowest BCUT2D eigenvalue weighted by atomic mass is 10.2. The summed E-state index contributed by atoms with van der Waals surface area (Å²) >= 11 is 0. The highest BCUT2D eigenvalue weighted by Gasteiger charge is 2.27. The van der Waals surface area contributed by atoms with Crippen molar-refractivity contribution in [2.24, 2.45) is 0 Å². The number of benzene rings is 1. The Morgan fingerprint density at radius 2 is 1.84 bits per heavy atom. The predicted molar refractivity (Wildman–Crippen MR) is 74.1 cm³/mol. The molecule has 3 rings (SSSR count). The quantitative estimate of drug-likeness (QED) is 0.904. The summed E-state index contributed by atoms with van der Waals surface area (Å²) in [6.07, 6.45) is 1.87. The van der Waals surface area contributed by atoms with Gasteiger partial charge in [-0.15, -0.1) is 0 Å². The maximum absolute atomic E-state index is 12.4. The third-order valence-corrected chi connectivity index (χ3v) is 5.28. The fraction of sp³-hybridized carbons (Fsp3) is 0.308. The summed E-state index contributed by atoms with van der Waals surface area (Å²) < 4.78 is 26.4. The van der Waals surface area contributed by atoms with Gasteiger partial charge in [0.05, 0.1) is 10.4 Å². The molecule has 0 radical (unpaired) electrons. The molecule has 6 heteroatoms. The maximum atomic E-state index is 12.4. The van der Waals surface area contributed by atoms with Crippen LogP contribution < -0.4 is 5.73 Å². The van der Waals surface area contributed by atoms with Gasteiger partial charge in [0.1, 0.15) is 5.82 Å². The van der Waals surface area contributed by atoms with E-state index in [4.69, 9.17) is 5.73 Å². The number of nitrogen functional groups attached to an aromatic ring is 1. The molecule has 0 aliphatic carbocycles. The van der Waals surface area contributed by atoms with Crippen molar-refractivity contribution in [3.8, 4) is 0 Å². The molecule has 0 bridgehead atoms. The summed E-state index contributed by atoms with van der Waals surface area (Å²) in [5, 5.41) is 0.787. The molecule has 2 aromatic rings. The second kappa shape index (κ2) is 4.47. The molecule has 1 aromatic heterocycles. The molecule has 100 valence electrons. The Labute approximate surface area is 112 Å². The fourth-order valence-corrected chi connectivity index (χ4v) is 3.91. The molecule has 1 aliphatic rings. The molecule has 2 N–H and O–H groups in total. The molecule has 0 saturated carbocycles. The van der Waals surface area contributed by atoms with Crippen LogP contribution in [0.25, 0.3) is 10.9 Å². The third kappa shape index (κ3) is 2.17.